The van der Waals surface area contributed by atoms with E-state index in [0.29, 0.717) is 19.3 Å². The monoisotopic (exact) mass is 1000 g/mol. The van der Waals surface area contributed by atoms with Crippen LogP contribution < -0.4 is 0 Å². The Hall–Kier alpha value is -1.85. The van der Waals surface area contributed by atoms with E-state index in [1.165, 1.54) is 270 Å². The summed E-state index contributed by atoms with van der Waals surface area (Å²) >= 11 is 0. The Balaban J connectivity index is 4.04. The molecule has 0 aromatic carbocycles. The first-order valence-corrected chi connectivity index (χ1v) is 32.2. The van der Waals surface area contributed by atoms with Crippen LogP contribution in [0.25, 0.3) is 0 Å². The molecule has 0 N–H and O–H groups in total. The lowest BCUT2D eigenvalue weighted by molar-refractivity contribution is -0.167. The van der Waals surface area contributed by atoms with Crippen LogP contribution >= 0.6 is 0 Å². The van der Waals surface area contributed by atoms with E-state index >= 15 is 0 Å². The molecule has 0 saturated carbocycles. The van der Waals surface area contributed by atoms with Gasteiger partial charge in [0, 0.05) is 19.3 Å². The van der Waals surface area contributed by atoms with Crippen molar-refractivity contribution in [3.8, 4) is 0 Å². The maximum atomic E-state index is 12.8. The fourth-order valence-corrected chi connectivity index (χ4v) is 9.91. The van der Waals surface area contributed by atoms with Crippen LogP contribution in [0, 0.1) is 0 Å². The van der Waals surface area contributed by atoms with Gasteiger partial charge in [-0.15, -0.1) is 0 Å². The van der Waals surface area contributed by atoms with Gasteiger partial charge in [-0.05, 0) is 44.9 Å². The number of carbonyl (C=O) groups excluding carboxylic acids is 3. The minimum atomic E-state index is -0.763. The van der Waals surface area contributed by atoms with Crippen molar-refractivity contribution in [2.45, 2.75) is 374 Å². The molecular weight excluding hydrogens is 877 g/mol. The topological polar surface area (TPSA) is 78.9 Å². The summed E-state index contributed by atoms with van der Waals surface area (Å²) in [5, 5.41) is 0. The van der Waals surface area contributed by atoms with Gasteiger partial charge >= 0.3 is 17.9 Å². The van der Waals surface area contributed by atoms with Crippen LogP contribution in [0.4, 0.5) is 0 Å². The zero-order valence-corrected chi connectivity index (χ0v) is 48.3. The number of unbranched alkanes of at least 4 members (excludes halogenated alkanes) is 47. The number of allylic oxidation sites excluding steroid dienone is 2. The highest BCUT2D eigenvalue weighted by molar-refractivity contribution is 5.71. The molecule has 0 rings (SSSR count). The van der Waals surface area contributed by atoms with E-state index in [0.717, 1.165) is 57.8 Å². The molecule has 0 aromatic heterocycles. The van der Waals surface area contributed by atoms with Crippen LogP contribution in [-0.4, -0.2) is 37.2 Å². The van der Waals surface area contributed by atoms with Crippen molar-refractivity contribution in [2.24, 2.45) is 0 Å². The van der Waals surface area contributed by atoms with Crippen LogP contribution in [0.5, 0.6) is 0 Å². The molecule has 6 heteroatoms. The molecule has 0 spiro atoms. The molecular formula is C65H124O6. The molecule has 420 valence electrons. The standard InChI is InChI=1S/C65H124O6/c1-4-7-10-13-16-18-20-22-24-26-28-29-30-31-32-33-34-35-37-38-40-42-44-46-49-52-55-58-64(67)70-61-62(60-69-63(66)57-54-51-48-15-12-9-6-3)71-65(68)59-56-53-50-47-45-43-41-39-36-27-25-23-21-19-17-14-11-8-5-2/h26,28,62H,4-25,27,29-61H2,1-3H3/b28-26-. The van der Waals surface area contributed by atoms with Gasteiger partial charge in [-0.25, -0.2) is 0 Å². The Morgan fingerprint density at radius 2 is 0.465 bits per heavy atom. The largest absolute Gasteiger partial charge is 0.462 e. The molecule has 0 amide bonds. The average Bonchev–Trinajstić information content (AvgIpc) is 3.37. The second-order valence-electron chi connectivity index (χ2n) is 22.0. The molecule has 0 saturated heterocycles. The molecule has 0 heterocycles. The van der Waals surface area contributed by atoms with Crippen molar-refractivity contribution in [3.63, 3.8) is 0 Å². The lowest BCUT2D eigenvalue weighted by Gasteiger charge is -2.18. The predicted molar refractivity (Wildman–Crippen MR) is 307 cm³/mol. The minimum Gasteiger partial charge on any atom is -0.462 e. The third-order valence-corrected chi connectivity index (χ3v) is 14.8. The molecule has 1 unspecified atom stereocenters. The third kappa shape index (κ3) is 58.9. The molecule has 0 aliphatic heterocycles. The second-order valence-corrected chi connectivity index (χ2v) is 22.0. The molecule has 0 bridgehead atoms. The predicted octanol–water partition coefficient (Wildman–Crippen LogP) is 21.7. The molecule has 1 atom stereocenters. The van der Waals surface area contributed by atoms with Crippen LogP contribution in [0.2, 0.25) is 0 Å². The summed E-state index contributed by atoms with van der Waals surface area (Å²) in [4.78, 5) is 38.0. The van der Waals surface area contributed by atoms with Crippen molar-refractivity contribution in [2.75, 3.05) is 13.2 Å². The summed E-state index contributed by atoms with van der Waals surface area (Å²) in [6.45, 7) is 6.67. The quantitative estimate of drug-likeness (QED) is 0.0261. The fraction of sp³-hybridized carbons (Fsp3) is 0.923. The van der Waals surface area contributed by atoms with E-state index in [1.54, 1.807) is 0 Å². The Labute approximate surface area is 443 Å². The van der Waals surface area contributed by atoms with Gasteiger partial charge in [0.05, 0.1) is 0 Å². The van der Waals surface area contributed by atoms with E-state index in [4.69, 9.17) is 14.2 Å². The summed E-state index contributed by atoms with van der Waals surface area (Å²) in [7, 11) is 0. The first-order chi connectivity index (χ1) is 35.0. The van der Waals surface area contributed by atoms with Gasteiger partial charge in [-0.3, -0.25) is 14.4 Å². The van der Waals surface area contributed by atoms with Gasteiger partial charge in [0.15, 0.2) is 6.10 Å². The molecule has 6 nitrogen and oxygen atoms in total. The fourth-order valence-electron chi connectivity index (χ4n) is 9.91. The summed E-state index contributed by atoms with van der Waals surface area (Å²) in [6, 6.07) is 0. The Morgan fingerprint density at radius 1 is 0.268 bits per heavy atom. The molecule has 71 heavy (non-hydrogen) atoms. The summed E-state index contributed by atoms with van der Waals surface area (Å²) < 4.78 is 16.9. The summed E-state index contributed by atoms with van der Waals surface area (Å²) in [5.74, 6) is -0.843. The zero-order valence-electron chi connectivity index (χ0n) is 48.3. The Bertz CT molecular complexity index is 1100. The number of esters is 3. The Morgan fingerprint density at radius 3 is 0.704 bits per heavy atom. The first-order valence-electron chi connectivity index (χ1n) is 32.2. The minimum absolute atomic E-state index is 0.0637. The lowest BCUT2D eigenvalue weighted by atomic mass is 10.0. The van der Waals surface area contributed by atoms with Crippen LogP contribution in [-0.2, 0) is 28.6 Å². The van der Waals surface area contributed by atoms with Crippen molar-refractivity contribution in [1.29, 1.82) is 0 Å². The van der Waals surface area contributed by atoms with Gasteiger partial charge < -0.3 is 14.2 Å². The van der Waals surface area contributed by atoms with Crippen LogP contribution in [0.3, 0.4) is 0 Å². The van der Waals surface area contributed by atoms with Crippen molar-refractivity contribution >= 4 is 17.9 Å². The highest BCUT2D eigenvalue weighted by atomic mass is 16.6. The van der Waals surface area contributed by atoms with Crippen molar-refractivity contribution < 1.29 is 28.6 Å². The number of carbonyl (C=O) groups is 3. The maximum Gasteiger partial charge on any atom is 0.306 e. The second kappa shape index (κ2) is 60.7. The highest BCUT2D eigenvalue weighted by Gasteiger charge is 2.19. The number of hydrogen-bond acceptors (Lipinski definition) is 6. The highest BCUT2D eigenvalue weighted by Crippen LogP contribution is 2.18. The number of ether oxygens (including phenoxy) is 3. The molecule has 0 aromatic rings. The van der Waals surface area contributed by atoms with Crippen LogP contribution in [0.15, 0.2) is 12.2 Å². The number of rotatable bonds is 60. The smallest absolute Gasteiger partial charge is 0.306 e. The SMILES string of the molecule is CCCCCCCCCC/C=C\CCCCCCCCCCCCCCCCCC(=O)OCC(COC(=O)CCCCCCCCC)OC(=O)CCCCCCCCCCCCCCCCCCCCC. The average molecular weight is 1000 g/mol. The van der Waals surface area contributed by atoms with Gasteiger partial charge in [-0.2, -0.15) is 0 Å². The van der Waals surface area contributed by atoms with Gasteiger partial charge in [0.2, 0.25) is 0 Å². The van der Waals surface area contributed by atoms with Crippen molar-refractivity contribution in [1.82, 2.24) is 0 Å². The van der Waals surface area contributed by atoms with Gasteiger partial charge in [0.25, 0.3) is 0 Å². The van der Waals surface area contributed by atoms with Gasteiger partial charge in [-0.1, -0.05) is 315 Å². The Kier molecular flexibility index (Phi) is 59.1. The lowest BCUT2D eigenvalue weighted by Crippen LogP contribution is -2.30. The third-order valence-electron chi connectivity index (χ3n) is 14.8. The normalized spacial score (nSPS) is 12.0. The summed E-state index contributed by atoms with van der Waals surface area (Å²) in [6.07, 6.45) is 71.1. The van der Waals surface area contributed by atoms with E-state index in [-0.39, 0.29) is 31.1 Å². The van der Waals surface area contributed by atoms with E-state index in [2.05, 4.69) is 32.9 Å². The molecule has 0 fully saturated rings. The van der Waals surface area contributed by atoms with E-state index in [1.807, 2.05) is 0 Å². The van der Waals surface area contributed by atoms with Crippen molar-refractivity contribution in [3.05, 3.63) is 12.2 Å². The van der Waals surface area contributed by atoms with Gasteiger partial charge in [0.1, 0.15) is 13.2 Å². The van der Waals surface area contributed by atoms with E-state index < -0.39 is 6.10 Å². The first kappa shape index (κ1) is 69.2. The molecule has 0 aliphatic carbocycles. The van der Waals surface area contributed by atoms with Crippen LogP contribution in [0.1, 0.15) is 367 Å². The summed E-state index contributed by atoms with van der Waals surface area (Å²) in [5.41, 5.74) is 0. The zero-order chi connectivity index (χ0) is 51.4. The molecule has 0 radical (unpaired) electrons. The molecule has 0 aliphatic rings. The van der Waals surface area contributed by atoms with E-state index in [9.17, 15) is 14.4 Å². The number of hydrogen-bond donors (Lipinski definition) is 0. The maximum absolute atomic E-state index is 12.8.